The molecule has 176 valence electrons. The van der Waals surface area contributed by atoms with Crippen molar-refractivity contribution in [2.45, 2.75) is 34.6 Å². The monoisotopic (exact) mass is 464 g/mol. The Hall–Kier alpha value is -4.20. The summed E-state index contributed by atoms with van der Waals surface area (Å²) >= 11 is 0. The Morgan fingerprint density at radius 3 is 1.91 bits per heavy atom. The van der Waals surface area contributed by atoms with Gasteiger partial charge >= 0.3 is 23.9 Å². The molecule has 0 atom stereocenters. The summed E-state index contributed by atoms with van der Waals surface area (Å²) in [5, 5.41) is 1.22. The number of carbonyl (C=O) groups excluding carboxylic acids is 4. The van der Waals surface area contributed by atoms with Crippen LogP contribution in [-0.4, -0.2) is 30.5 Å². The van der Waals surface area contributed by atoms with Gasteiger partial charge in [0.1, 0.15) is 11.3 Å². The van der Waals surface area contributed by atoms with Gasteiger partial charge in [-0.05, 0) is 54.1 Å². The summed E-state index contributed by atoms with van der Waals surface area (Å²) < 4.78 is 21.2. The van der Waals surface area contributed by atoms with E-state index in [1.807, 2.05) is 12.1 Å². The quantitative estimate of drug-likeness (QED) is 0.380. The molecule has 3 aromatic rings. The summed E-state index contributed by atoms with van der Waals surface area (Å²) in [6, 6.07) is 11.8. The van der Waals surface area contributed by atoms with Crippen LogP contribution < -0.4 is 14.2 Å². The molecule has 0 unspecified atom stereocenters. The van der Waals surface area contributed by atoms with Crippen molar-refractivity contribution < 1.29 is 38.1 Å². The average Bonchev–Trinajstić information content (AvgIpc) is 2.74. The molecule has 0 aliphatic rings. The maximum atomic E-state index is 12.7. The molecular formula is C26H24O8. The summed E-state index contributed by atoms with van der Waals surface area (Å²) in [6.45, 7) is 7.33. The van der Waals surface area contributed by atoms with Crippen molar-refractivity contribution in [3.05, 3.63) is 53.6 Å². The minimum Gasteiger partial charge on any atom is -0.462 e. The van der Waals surface area contributed by atoms with Crippen molar-refractivity contribution in [3.8, 4) is 28.4 Å². The predicted molar refractivity (Wildman–Crippen MR) is 124 cm³/mol. The van der Waals surface area contributed by atoms with Gasteiger partial charge in [0.2, 0.25) is 0 Å². The lowest BCUT2D eigenvalue weighted by atomic mass is 9.92. The van der Waals surface area contributed by atoms with E-state index in [9.17, 15) is 19.2 Å². The second-order valence-electron chi connectivity index (χ2n) is 7.46. The normalized spacial score (nSPS) is 10.5. The predicted octanol–water partition coefficient (Wildman–Crippen LogP) is 4.77. The third-order valence-corrected chi connectivity index (χ3v) is 4.83. The van der Waals surface area contributed by atoms with Crippen LogP contribution in [0.4, 0.5) is 0 Å². The van der Waals surface area contributed by atoms with E-state index in [1.54, 1.807) is 44.2 Å². The highest BCUT2D eigenvalue weighted by molar-refractivity contribution is 6.05. The number of fused-ring (bicyclic) bond motifs is 1. The van der Waals surface area contributed by atoms with E-state index in [0.29, 0.717) is 27.5 Å². The van der Waals surface area contributed by atoms with E-state index < -0.39 is 23.9 Å². The van der Waals surface area contributed by atoms with Gasteiger partial charge in [0.25, 0.3) is 0 Å². The Labute approximate surface area is 196 Å². The second-order valence-corrected chi connectivity index (χ2v) is 7.46. The first kappa shape index (κ1) is 24.4. The van der Waals surface area contributed by atoms with Crippen molar-refractivity contribution in [1.82, 2.24) is 0 Å². The fraction of sp³-hybridized carbons (Fsp3) is 0.231. The summed E-state index contributed by atoms with van der Waals surface area (Å²) in [4.78, 5) is 47.8. The van der Waals surface area contributed by atoms with Gasteiger partial charge in [-0.15, -0.1) is 0 Å². The highest BCUT2D eigenvalue weighted by Crippen LogP contribution is 2.44. The van der Waals surface area contributed by atoms with Crippen LogP contribution in [-0.2, 0) is 19.1 Å². The first-order valence-electron chi connectivity index (χ1n) is 10.6. The van der Waals surface area contributed by atoms with Gasteiger partial charge < -0.3 is 18.9 Å². The molecule has 0 aromatic heterocycles. The molecule has 8 heteroatoms. The molecule has 0 amide bonds. The molecule has 3 aromatic carbocycles. The van der Waals surface area contributed by atoms with Gasteiger partial charge in [-0.1, -0.05) is 24.3 Å². The second kappa shape index (κ2) is 10.2. The lowest BCUT2D eigenvalue weighted by Crippen LogP contribution is -2.11. The van der Waals surface area contributed by atoms with Crippen LogP contribution in [0.5, 0.6) is 17.2 Å². The van der Waals surface area contributed by atoms with Crippen molar-refractivity contribution in [3.63, 3.8) is 0 Å². The van der Waals surface area contributed by atoms with Gasteiger partial charge in [0.05, 0.1) is 6.61 Å². The molecule has 34 heavy (non-hydrogen) atoms. The lowest BCUT2D eigenvalue weighted by Gasteiger charge is -2.18. The van der Waals surface area contributed by atoms with Crippen molar-refractivity contribution in [2.75, 3.05) is 6.61 Å². The number of hydrogen-bond acceptors (Lipinski definition) is 8. The van der Waals surface area contributed by atoms with Crippen LogP contribution in [0.25, 0.3) is 21.9 Å². The third kappa shape index (κ3) is 5.23. The zero-order valence-corrected chi connectivity index (χ0v) is 19.5. The van der Waals surface area contributed by atoms with Gasteiger partial charge in [0, 0.05) is 26.2 Å². The lowest BCUT2D eigenvalue weighted by molar-refractivity contribution is -0.134. The van der Waals surface area contributed by atoms with Crippen molar-refractivity contribution in [2.24, 2.45) is 0 Å². The fourth-order valence-corrected chi connectivity index (χ4v) is 3.60. The third-order valence-electron chi connectivity index (χ3n) is 4.83. The van der Waals surface area contributed by atoms with Crippen molar-refractivity contribution in [1.29, 1.82) is 0 Å². The molecule has 3 rings (SSSR count). The number of hydrogen-bond donors (Lipinski definition) is 0. The van der Waals surface area contributed by atoms with E-state index in [4.69, 9.17) is 18.9 Å². The topological polar surface area (TPSA) is 105 Å². The highest BCUT2D eigenvalue weighted by Gasteiger charge is 2.23. The van der Waals surface area contributed by atoms with Crippen LogP contribution in [0.3, 0.4) is 0 Å². The van der Waals surface area contributed by atoms with E-state index >= 15 is 0 Å². The summed E-state index contributed by atoms with van der Waals surface area (Å²) in [7, 11) is 0. The molecule has 0 saturated carbocycles. The minimum absolute atomic E-state index is 0.0533. The average molecular weight is 464 g/mol. The molecule has 0 aliphatic heterocycles. The fourth-order valence-electron chi connectivity index (χ4n) is 3.60. The number of esters is 4. The zero-order valence-electron chi connectivity index (χ0n) is 19.5. The molecule has 0 heterocycles. The molecular weight excluding hydrogens is 440 g/mol. The van der Waals surface area contributed by atoms with Gasteiger partial charge in [0.15, 0.2) is 11.5 Å². The number of rotatable bonds is 6. The number of carbonyl (C=O) groups is 4. The van der Waals surface area contributed by atoms with E-state index in [0.717, 1.165) is 0 Å². The summed E-state index contributed by atoms with van der Waals surface area (Å²) in [5.41, 5.74) is 1.97. The first-order chi connectivity index (χ1) is 16.1. The van der Waals surface area contributed by atoms with Crippen molar-refractivity contribution >= 4 is 34.6 Å². The van der Waals surface area contributed by atoms with Crippen LogP contribution in [0.15, 0.2) is 42.5 Å². The molecule has 0 spiro atoms. The molecule has 0 radical (unpaired) electrons. The maximum Gasteiger partial charge on any atom is 0.341 e. The number of aryl methyl sites for hydroxylation is 1. The number of ether oxygens (including phenoxy) is 4. The first-order valence-corrected chi connectivity index (χ1v) is 10.6. The molecule has 0 saturated heterocycles. The molecule has 0 fully saturated rings. The van der Waals surface area contributed by atoms with E-state index in [2.05, 4.69) is 0 Å². The van der Waals surface area contributed by atoms with Gasteiger partial charge in [-0.25, -0.2) is 4.79 Å². The summed E-state index contributed by atoms with van der Waals surface area (Å²) in [5.74, 6) is -2.15. The Kier molecular flexibility index (Phi) is 7.31. The Bertz CT molecular complexity index is 1310. The standard InChI is InChI=1S/C26H24O8/c1-6-31-26(30)22-12-20(14(2)11-23(22)32-15(3)27)21-13-24(33-16(4)28)25(34-17(5)29)19-10-8-7-9-18(19)21/h7-13H,6H2,1-5H3. The Morgan fingerprint density at radius 2 is 1.32 bits per heavy atom. The number of benzene rings is 3. The molecule has 0 N–H and O–H groups in total. The molecule has 8 nitrogen and oxygen atoms in total. The van der Waals surface area contributed by atoms with Crippen LogP contribution in [0.1, 0.15) is 43.6 Å². The van der Waals surface area contributed by atoms with E-state index in [1.165, 1.54) is 20.8 Å². The Morgan fingerprint density at radius 1 is 0.735 bits per heavy atom. The van der Waals surface area contributed by atoms with Crippen LogP contribution >= 0.6 is 0 Å². The SMILES string of the molecule is CCOC(=O)c1cc(-c2cc(OC(C)=O)c(OC(C)=O)c3ccccc23)c(C)cc1OC(C)=O. The molecule has 0 bridgehead atoms. The highest BCUT2D eigenvalue weighted by atomic mass is 16.6. The zero-order chi connectivity index (χ0) is 25.0. The van der Waals surface area contributed by atoms with Crippen LogP contribution in [0.2, 0.25) is 0 Å². The smallest absolute Gasteiger partial charge is 0.341 e. The Balaban J connectivity index is 2.36. The van der Waals surface area contributed by atoms with E-state index in [-0.39, 0.29) is 29.4 Å². The van der Waals surface area contributed by atoms with Gasteiger partial charge in [-0.2, -0.15) is 0 Å². The minimum atomic E-state index is -0.652. The molecule has 0 aliphatic carbocycles. The van der Waals surface area contributed by atoms with Gasteiger partial charge in [-0.3, -0.25) is 14.4 Å². The van der Waals surface area contributed by atoms with Crippen LogP contribution in [0, 0.1) is 6.92 Å². The summed E-state index contributed by atoms with van der Waals surface area (Å²) in [6.07, 6.45) is 0. The largest absolute Gasteiger partial charge is 0.462 e. The maximum absolute atomic E-state index is 12.7.